The van der Waals surface area contributed by atoms with Crippen LogP contribution < -0.4 is 0 Å². The van der Waals surface area contributed by atoms with E-state index >= 15 is 0 Å². The molecule has 3 aromatic rings. The first-order valence-corrected chi connectivity index (χ1v) is 12.3. The van der Waals surface area contributed by atoms with Gasteiger partial charge in [0.15, 0.2) is 5.82 Å². The van der Waals surface area contributed by atoms with Crippen LogP contribution in [0.3, 0.4) is 0 Å². The van der Waals surface area contributed by atoms with Crippen molar-refractivity contribution in [3.8, 4) is 22.6 Å². The van der Waals surface area contributed by atoms with Crippen molar-refractivity contribution in [2.45, 2.75) is 104 Å². The predicted molar refractivity (Wildman–Crippen MR) is 140 cm³/mol. The van der Waals surface area contributed by atoms with Gasteiger partial charge in [0.2, 0.25) is 0 Å². The van der Waals surface area contributed by atoms with Crippen LogP contribution in [0, 0.1) is 13.0 Å². The first-order valence-electron chi connectivity index (χ1n) is 12.3. The van der Waals surface area contributed by atoms with E-state index in [1.807, 2.05) is 6.20 Å². The summed E-state index contributed by atoms with van der Waals surface area (Å²) in [6.07, 6.45) is 3.05. The minimum atomic E-state index is -0.168. The largest absolute Gasteiger partial charge is 0.304 e. The molecule has 189 valence electrons. The number of benzene rings is 1. The van der Waals surface area contributed by atoms with E-state index in [1.54, 1.807) is 0 Å². The van der Waals surface area contributed by atoms with Crippen molar-refractivity contribution in [2.24, 2.45) is 0 Å². The second-order valence-corrected chi connectivity index (χ2v) is 13.3. The van der Waals surface area contributed by atoms with Gasteiger partial charge in [-0.3, -0.25) is 0 Å². The van der Waals surface area contributed by atoms with Crippen LogP contribution >= 0.6 is 0 Å². The Balaban J connectivity index is 0.00000342. The molecule has 2 aromatic heterocycles. The summed E-state index contributed by atoms with van der Waals surface area (Å²) >= 11 is 0. The van der Waals surface area contributed by atoms with E-state index in [2.05, 4.69) is 100 Å². The molecule has 2 heterocycles. The maximum Gasteiger partial charge on any atom is 0.165 e. The summed E-state index contributed by atoms with van der Waals surface area (Å²) in [4.78, 5) is 19.4. The van der Waals surface area contributed by atoms with Gasteiger partial charge in [0, 0.05) is 42.7 Å². The Hall–Kier alpha value is -1.97. The molecule has 0 spiro atoms. The van der Waals surface area contributed by atoms with Crippen LogP contribution in [0.1, 0.15) is 104 Å². The summed E-state index contributed by atoms with van der Waals surface area (Å²) in [5, 5.41) is 0. The van der Waals surface area contributed by atoms with Gasteiger partial charge in [-0.05, 0) is 35.4 Å². The van der Waals surface area contributed by atoms with Gasteiger partial charge >= 0.3 is 0 Å². The van der Waals surface area contributed by atoms with Crippen molar-refractivity contribution in [3.63, 3.8) is 0 Å². The molecule has 0 N–H and O–H groups in total. The topological polar surface area (TPSA) is 51.6 Å². The fraction of sp³-hybridized carbons (Fsp3) is 0.533. The molecule has 0 aliphatic heterocycles. The van der Waals surface area contributed by atoms with Gasteiger partial charge < -0.3 is 4.98 Å². The second-order valence-electron chi connectivity index (χ2n) is 13.3. The molecule has 0 unspecified atom stereocenters. The number of hydrogen-bond donors (Lipinski definition) is 0. The zero-order valence-electron chi connectivity index (χ0n) is 23.1. The number of aromatic nitrogens is 4. The first-order chi connectivity index (χ1) is 15.5. The fourth-order valence-corrected chi connectivity index (χ4v) is 5.16. The third-order valence-corrected chi connectivity index (χ3v) is 6.90. The quantitative estimate of drug-likeness (QED) is 0.275. The molecule has 1 aromatic carbocycles. The monoisotopic (exact) mass is 648 g/mol. The molecule has 0 atom stereocenters. The molecule has 0 bridgehead atoms. The van der Waals surface area contributed by atoms with Crippen LogP contribution in [0.25, 0.3) is 22.6 Å². The zero-order valence-corrected chi connectivity index (χ0v) is 25.5. The molecule has 0 fully saturated rings. The van der Waals surface area contributed by atoms with E-state index in [-0.39, 0.29) is 41.8 Å². The van der Waals surface area contributed by atoms with E-state index in [1.165, 1.54) is 11.1 Å². The Labute approximate surface area is 225 Å². The van der Waals surface area contributed by atoms with Gasteiger partial charge in [-0.1, -0.05) is 75.3 Å². The van der Waals surface area contributed by atoms with Crippen LogP contribution in [0.5, 0.6) is 0 Å². The van der Waals surface area contributed by atoms with Gasteiger partial charge in [0.05, 0.1) is 0 Å². The van der Waals surface area contributed by atoms with Crippen molar-refractivity contribution < 1.29 is 20.1 Å². The number of rotatable bonds is 2. The molecule has 5 heteroatoms. The molecule has 4 rings (SSSR count). The Bertz CT molecular complexity index is 1230. The maximum absolute atomic E-state index is 4.86. The number of pyridine rings is 1. The normalized spacial score (nSPS) is 16.5. The summed E-state index contributed by atoms with van der Waals surface area (Å²) in [7, 11) is 0. The summed E-state index contributed by atoms with van der Waals surface area (Å²) < 4.78 is 0. The molecule has 0 amide bonds. The van der Waals surface area contributed by atoms with Crippen LogP contribution in [-0.2, 0) is 41.8 Å². The SMILES string of the molecule is Cc1cc(-c2[c-]cc3c(c2)C(C)(C)CC3(C)C)ncc1-c1nc(C(C)(C)C)nc(C(C)(C)C)n1.[Ir]. The zero-order chi connectivity index (χ0) is 25.3. The molecule has 1 aliphatic rings. The molecular formula is C30H39IrN4-. The van der Waals surface area contributed by atoms with Crippen LogP contribution in [-0.4, -0.2) is 19.9 Å². The molecule has 4 nitrogen and oxygen atoms in total. The minimum Gasteiger partial charge on any atom is -0.304 e. The maximum atomic E-state index is 4.86. The van der Waals surface area contributed by atoms with Crippen molar-refractivity contribution in [3.05, 3.63) is 58.8 Å². The molecule has 1 radical (unpaired) electrons. The van der Waals surface area contributed by atoms with E-state index < -0.39 is 0 Å². The van der Waals surface area contributed by atoms with Crippen LogP contribution in [0.15, 0.2) is 24.4 Å². The number of hydrogen-bond acceptors (Lipinski definition) is 4. The molecule has 35 heavy (non-hydrogen) atoms. The predicted octanol–water partition coefficient (Wildman–Crippen LogP) is 7.26. The average molecular weight is 648 g/mol. The van der Waals surface area contributed by atoms with Gasteiger partial charge in [-0.15, -0.1) is 34.9 Å². The van der Waals surface area contributed by atoms with Crippen molar-refractivity contribution >= 4 is 0 Å². The summed E-state index contributed by atoms with van der Waals surface area (Å²) in [6.45, 7) is 24.3. The van der Waals surface area contributed by atoms with E-state index in [0.29, 0.717) is 5.82 Å². The minimum absolute atomic E-state index is 0. The second kappa shape index (κ2) is 8.85. The van der Waals surface area contributed by atoms with E-state index in [4.69, 9.17) is 19.9 Å². The van der Waals surface area contributed by atoms with Crippen molar-refractivity contribution in [1.29, 1.82) is 0 Å². The fourth-order valence-electron chi connectivity index (χ4n) is 5.16. The smallest absolute Gasteiger partial charge is 0.165 e. The molecule has 1 aliphatic carbocycles. The first kappa shape index (κ1) is 27.6. The van der Waals surface area contributed by atoms with Crippen LogP contribution in [0.4, 0.5) is 0 Å². The van der Waals surface area contributed by atoms with Crippen molar-refractivity contribution in [2.75, 3.05) is 0 Å². The summed E-state index contributed by atoms with van der Waals surface area (Å²) in [6, 6.07) is 10.1. The molecule has 0 saturated carbocycles. The Morgan fingerprint density at radius 3 is 1.86 bits per heavy atom. The summed E-state index contributed by atoms with van der Waals surface area (Å²) in [5.74, 6) is 2.31. The number of nitrogens with zero attached hydrogens (tertiary/aromatic N) is 4. The van der Waals surface area contributed by atoms with Gasteiger partial charge in [0.1, 0.15) is 11.6 Å². The molecule has 0 saturated heterocycles. The Kier molecular flexibility index (Phi) is 6.98. The van der Waals surface area contributed by atoms with Gasteiger partial charge in [-0.2, -0.15) is 0 Å². The third kappa shape index (κ3) is 5.27. The Morgan fingerprint density at radius 1 is 0.800 bits per heavy atom. The van der Waals surface area contributed by atoms with Gasteiger partial charge in [0.25, 0.3) is 0 Å². The molecular weight excluding hydrogens is 609 g/mol. The third-order valence-electron chi connectivity index (χ3n) is 6.90. The number of fused-ring (bicyclic) bond motifs is 1. The summed E-state index contributed by atoms with van der Waals surface area (Å²) in [5.41, 5.74) is 6.84. The average Bonchev–Trinajstić information content (AvgIpc) is 2.89. The van der Waals surface area contributed by atoms with E-state index in [9.17, 15) is 0 Å². The van der Waals surface area contributed by atoms with E-state index in [0.717, 1.165) is 40.5 Å². The standard InChI is InChI=1S/C30H39N4.Ir/c1-18-14-23(19-12-13-21-22(15-19)30(10,11)17-29(21,8)9)31-16-20(18)24-32-25(27(2,3)4)34-26(33-24)28(5,6)7;/h13-16H,17H2,1-11H3;/q-1;. The number of aryl methyl sites for hydroxylation is 1. The van der Waals surface area contributed by atoms with Crippen molar-refractivity contribution in [1.82, 2.24) is 19.9 Å². The van der Waals surface area contributed by atoms with Gasteiger partial charge in [-0.25, -0.2) is 15.0 Å². The Morgan fingerprint density at radius 2 is 1.34 bits per heavy atom. The van der Waals surface area contributed by atoms with Crippen LogP contribution in [0.2, 0.25) is 0 Å².